The Bertz CT molecular complexity index is 1530. The number of hydrogen-bond donors (Lipinski definition) is 2. The zero-order valence-corrected chi connectivity index (χ0v) is 25.5. The van der Waals surface area contributed by atoms with Crippen LogP contribution in [0.5, 0.6) is 0 Å². The van der Waals surface area contributed by atoms with E-state index in [1.165, 1.54) is 11.1 Å². The van der Waals surface area contributed by atoms with Crippen LogP contribution in [0.1, 0.15) is 39.5 Å². The Balaban J connectivity index is 1.08. The summed E-state index contributed by atoms with van der Waals surface area (Å²) >= 11 is 1.54. The number of nitrogens with one attached hydrogen (secondary N) is 2. The SMILES string of the molecule is Cc1ccc(NC(=O)c2ccc3c(c2)CC[C@@H]3N(C)CCN2CCN(C)CC2)cc1Nc1nc(-c2cccnc2)cs1. The predicted octanol–water partition coefficient (Wildman–Crippen LogP) is 5.68. The fourth-order valence-corrected chi connectivity index (χ4v) is 6.58. The van der Waals surface area contributed by atoms with Crippen molar-refractivity contribution in [2.75, 3.05) is 64.0 Å². The van der Waals surface area contributed by atoms with Gasteiger partial charge >= 0.3 is 0 Å². The van der Waals surface area contributed by atoms with Gasteiger partial charge in [0.2, 0.25) is 0 Å². The number of amides is 1. The van der Waals surface area contributed by atoms with Gasteiger partial charge in [-0.3, -0.25) is 19.6 Å². The van der Waals surface area contributed by atoms with Gasteiger partial charge in [0.15, 0.2) is 5.13 Å². The molecular formula is C33H39N7OS. The van der Waals surface area contributed by atoms with Gasteiger partial charge in [-0.05, 0) is 86.9 Å². The molecular weight excluding hydrogens is 542 g/mol. The van der Waals surface area contributed by atoms with Gasteiger partial charge < -0.3 is 15.5 Å². The molecule has 0 radical (unpaired) electrons. The number of pyridine rings is 1. The van der Waals surface area contributed by atoms with E-state index in [2.05, 4.69) is 56.5 Å². The first kappa shape index (κ1) is 28.5. The summed E-state index contributed by atoms with van der Waals surface area (Å²) in [5.41, 5.74) is 7.96. The summed E-state index contributed by atoms with van der Waals surface area (Å²) in [7, 11) is 4.44. The number of benzene rings is 2. The van der Waals surface area contributed by atoms with E-state index in [4.69, 9.17) is 4.98 Å². The lowest BCUT2D eigenvalue weighted by Gasteiger charge is -2.34. The standard InChI is InChI=1S/C33H39N7OS/c1-23-6-9-27(20-29(23)36-33-37-30(22-42-33)26-5-4-12-34-21-26)35-32(41)25-7-10-28-24(19-25)8-11-31(28)39(3)15-18-40-16-13-38(2)14-17-40/h4-7,9-10,12,19-22,31H,8,11,13-18H2,1-3H3,(H,35,41)(H,36,37)/t31-/m0/s1. The average molecular weight is 582 g/mol. The summed E-state index contributed by atoms with van der Waals surface area (Å²) in [6, 6.07) is 16.5. The number of piperazine rings is 1. The molecule has 0 saturated carbocycles. The van der Waals surface area contributed by atoms with Crippen molar-refractivity contribution < 1.29 is 4.79 Å². The lowest BCUT2D eigenvalue weighted by molar-refractivity contribution is 0.102. The number of aromatic nitrogens is 2. The number of rotatable bonds is 9. The van der Waals surface area contributed by atoms with E-state index in [0.29, 0.717) is 11.6 Å². The van der Waals surface area contributed by atoms with Crippen molar-refractivity contribution in [3.05, 3.63) is 88.6 Å². The van der Waals surface area contributed by atoms with Gasteiger partial charge in [0.25, 0.3) is 5.91 Å². The molecule has 1 atom stereocenters. The molecule has 1 saturated heterocycles. The molecule has 42 heavy (non-hydrogen) atoms. The van der Waals surface area contributed by atoms with Gasteiger partial charge in [-0.15, -0.1) is 11.3 Å². The molecule has 1 aliphatic heterocycles. The van der Waals surface area contributed by atoms with E-state index in [-0.39, 0.29) is 5.91 Å². The van der Waals surface area contributed by atoms with Gasteiger partial charge in [0.05, 0.1) is 5.69 Å². The zero-order valence-electron chi connectivity index (χ0n) is 24.6. The topological polar surface area (TPSA) is 76.6 Å². The van der Waals surface area contributed by atoms with Gasteiger partial charge in [-0.25, -0.2) is 4.98 Å². The average Bonchev–Trinajstić information content (AvgIpc) is 3.66. The highest BCUT2D eigenvalue weighted by atomic mass is 32.1. The molecule has 2 N–H and O–H groups in total. The smallest absolute Gasteiger partial charge is 0.255 e. The number of carbonyl (C=O) groups is 1. The van der Waals surface area contributed by atoms with Crippen LogP contribution in [0.15, 0.2) is 66.3 Å². The van der Waals surface area contributed by atoms with Crippen LogP contribution in [-0.4, -0.2) is 83.9 Å². The molecule has 2 aromatic heterocycles. The van der Waals surface area contributed by atoms with Gasteiger partial charge in [-0.1, -0.05) is 12.1 Å². The lowest BCUT2D eigenvalue weighted by atomic mass is 10.0. The first-order valence-corrected chi connectivity index (χ1v) is 15.6. The van der Waals surface area contributed by atoms with E-state index in [0.717, 1.165) is 85.4 Å². The van der Waals surface area contributed by atoms with Crippen LogP contribution in [0.2, 0.25) is 0 Å². The van der Waals surface area contributed by atoms with E-state index in [1.807, 2.05) is 54.9 Å². The fraction of sp³-hybridized carbons (Fsp3) is 0.364. The predicted molar refractivity (Wildman–Crippen MR) is 172 cm³/mol. The molecule has 2 aliphatic rings. The monoisotopic (exact) mass is 581 g/mol. The molecule has 4 aromatic rings. The van der Waals surface area contributed by atoms with Crippen molar-refractivity contribution in [3.63, 3.8) is 0 Å². The molecule has 1 fully saturated rings. The molecule has 6 rings (SSSR count). The highest BCUT2D eigenvalue weighted by Crippen LogP contribution is 2.36. The van der Waals surface area contributed by atoms with Crippen molar-refractivity contribution in [2.24, 2.45) is 0 Å². The highest BCUT2D eigenvalue weighted by molar-refractivity contribution is 7.14. The van der Waals surface area contributed by atoms with Gasteiger partial charge in [0, 0.05) is 85.6 Å². The van der Waals surface area contributed by atoms with E-state index < -0.39 is 0 Å². The fourth-order valence-electron chi connectivity index (χ4n) is 5.85. The van der Waals surface area contributed by atoms with Gasteiger partial charge in [-0.2, -0.15) is 0 Å². The first-order valence-electron chi connectivity index (χ1n) is 14.7. The van der Waals surface area contributed by atoms with E-state index >= 15 is 0 Å². The Morgan fingerprint density at radius 1 is 1.12 bits per heavy atom. The second-order valence-corrected chi connectivity index (χ2v) is 12.3. The summed E-state index contributed by atoms with van der Waals surface area (Å²) in [5, 5.41) is 9.34. The number of aryl methyl sites for hydroxylation is 2. The molecule has 8 nitrogen and oxygen atoms in total. The third kappa shape index (κ3) is 6.55. The normalized spacial score (nSPS) is 17.4. The first-order chi connectivity index (χ1) is 20.4. The van der Waals surface area contributed by atoms with Crippen molar-refractivity contribution in [1.82, 2.24) is 24.7 Å². The number of thiazole rings is 1. The largest absolute Gasteiger partial charge is 0.331 e. The van der Waals surface area contributed by atoms with Crippen LogP contribution in [0.3, 0.4) is 0 Å². The molecule has 0 unspecified atom stereocenters. The number of anilines is 3. The molecule has 1 amide bonds. The van der Waals surface area contributed by atoms with Crippen molar-refractivity contribution in [2.45, 2.75) is 25.8 Å². The quantitative estimate of drug-likeness (QED) is 0.264. The second-order valence-electron chi connectivity index (χ2n) is 11.5. The minimum absolute atomic E-state index is 0.0902. The maximum Gasteiger partial charge on any atom is 0.255 e. The van der Waals surface area contributed by atoms with Crippen molar-refractivity contribution in [3.8, 4) is 11.3 Å². The van der Waals surface area contributed by atoms with Crippen LogP contribution in [0, 0.1) is 6.92 Å². The summed E-state index contributed by atoms with van der Waals surface area (Å²) in [6.45, 7) is 8.83. The van der Waals surface area contributed by atoms with E-state index in [9.17, 15) is 4.79 Å². The zero-order chi connectivity index (χ0) is 29.1. The summed E-state index contributed by atoms with van der Waals surface area (Å²) in [5.74, 6) is -0.0902. The van der Waals surface area contributed by atoms with Gasteiger partial charge in [0.1, 0.15) is 0 Å². The second kappa shape index (κ2) is 12.7. The third-order valence-electron chi connectivity index (χ3n) is 8.55. The van der Waals surface area contributed by atoms with Crippen LogP contribution in [0.4, 0.5) is 16.5 Å². The number of fused-ring (bicyclic) bond motifs is 1. The minimum atomic E-state index is -0.0902. The molecule has 0 spiro atoms. The van der Waals surface area contributed by atoms with Crippen LogP contribution >= 0.6 is 11.3 Å². The molecule has 2 aromatic carbocycles. The molecule has 218 valence electrons. The molecule has 1 aliphatic carbocycles. The molecule has 9 heteroatoms. The Morgan fingerprint density at radius 3 is 2.79 bits per heavy atom. The maximum atomic E-state index is 13.3. The summed E-state index contributed by atoms with van der Waals surface area (Å²) in [6.07, 6.45) is 5.68. The van der Waals surface area contributed by atoms with Crippen LogP contribution in [0.25, 0.3) is 11.3 Å². The molecule has 0 bridgehead atoms. The summed E-state index contributed by atoms with van der Waals surface area (Å²) in [4.78, 5) is 29.6. The number of carbonyl (C=O) groups excluding carboxylic acids is 1. The Hall–Kier alpha value is -3.63. The number of nitrogens with zero attached hydrogens (tertiary/aromatic N) is 5. The lowest BCUT2D eigenvalue weighted by Crippen LogP contribution is -2.46. The number of hydrogen-bond acceptors (Lipinski definition) is 8. The third-order valence-corrected chi connectivity index (χ3v) is 9.30. The van der Waals surface area contributed by atoms with Crippen LogP contribution < -0.4 is 10.6 Å². The van der Waals surface area contributed by atoms with Crippen LogP contribution in [-0.2, 0) is 6.42 Å². The Labute approximate surface area is 252 Å². The molecule has 3 heterocycles. The van der Waals surface area contributed by atoms with Crippen molar-refractivity contribution >= 4 is 33.8 Å². The Kier molecular flexibility index (Phi) is 8.62. The minimum Gasteiger partial charge on any atom is -0.331 e. The van der Waals surface area contributed by atoms with E-state index in [1.54, 1.807) is 17.5 Å². The summed E-state index contributed by atoms with van der Waals surface area (Å²) < 4.78 is 0. The van der Waals surface area contributed by atoms with Crippen molar-refractivity contribution in [1.29, 1.82) is 0 Å². The maximum absolute atomic E-state index is 13.3. The number of likely N-dealkylation sites (N-methyl/N-ethyl adjacent to an activating group) is 2. The Morgan fingerprint density at radius 2 is 1.98 bits per heavy atom. The highest BCUT2D eigenvalue weighted by Gasteiger charge is 2.27.